The van der Waals surface area contributed by atoms with Crippen LogP contribution in [0.1, 0.15) is 21.6 Å². The van der Waals surface area contributed by atoms with Crippen LogP contribution in [-0.4, -0.2) is 25.5 Å². The summed E-state index contributed by atoms with van der Waals surface area (Å²) in [5, 5.41) is 0.639. The van der Waals surface area contributed by atoms with Gasteiger partial charge in [-0.15, -0.1) is 11.3 Å². The highest BCUT2D eigenvalue weighted by molar-refractivity contribution is 7.13. The Morgan fingerprint density at radius 3 is 2.54 bits per heavy atom. The van der Waals surface area contributed by atoms with Gasteiger partial charge in [0.05, 0.1) is 4.88 Å². The molecule has 0 aliphatic rings. The third-order valence-corrected chi connectivity index (χ3v) is 2.91. The van der Waals surface area contributed by atoms with Gasteiger partial charge in [-0.3, -0.25) is 4.79 Å². The van der Waals surface area contributed by atoms with E-state index in [0.717, 1.165) is 6.29 Å². The van der Waals surface area contributed by atoms with Gasteiger partial charge in [-0.05, 0) is 6.92 Å². The molecule has 1 rings (SSSR count). The Bertz CT molecular complexity index is 293. The fourth-order valence-electron chi connectivity index (χ4n) is 0.809. The molecule has 0 saturated heterocycles. The van der Waals surface area contributed by atoms with E-state index in [-0.39, 0.29) is 0 Å². The summed E-state index contributed by atoms with van der Waals surface area (Å²) in [6.07, 6.45) is 2.26. The van der Waals surface area contributed by atoms with E-state index in [1.54, 1.807) is 6.92 Å². The smallest absolute Gasteiger partial charge is 0.218 e. The van der Waals surface area contributed by atoms with Crippen LogP contribution in [0.25, 0.3) is 0 Å². The van der Waals surface area contributed by atoms with Crippen molar-refractivity contribution in [2.24, 2.45) is 0 Å². The van der Waals surface area contributed by atoms with Crippen LogP contribution >= 0.6 is 11.3 Å². The summed E-state index contributed by atoms with van der Waals surface area (Å²) in [4.78, 5) is 15.0. The number of ether oxygens (including phenoxy) is 2. The summed E-state index contributed by atoms with van der Waals surface area (Å²) >= 11 is 1.26. The molecule has 1 aromatic rings. The molecule has 72 valence electrons. The maximum absolute atomic E-state index is 10.4. The van der Waals surface area contributed by atoms with Crippen LogP contribution in [0.5, 0.6) is 0 Å². The zero-order chi connectivity index (χ0) is 9.90. The molecule has 0 aromatic carbocycles. The SMILES string of the molecule is COC(C)(OC)c1ncc(C=O)s1. The van der Waals surface area contributed by atoms with Gasteiger partial charge in [0.1, 0.15) is 0 Å². The first-order valence-electron chi connectivity index (χ1n) is 3.68. The molecule has 0 spiro atoms. The van der Waals surface area contributed by atoms with E-state index in [9.17, 15) is 4.79 Å². The molecule has 4 nitrogen and oxygen atoms in total. The maximum Gasteiger partial charge on any atom is 0.218 e. The van der Waals surface area contributed by atoms with E-state index in [2.05, 4.69) is 4.98 Å². The minimum atomic E-state index is -0.855. The van der Waals surface area contributed by atoms with Crippen LogP contribution in [0.3, 0.4) is 0 Å². The van der Waals surface area contributed by atoms with Crippen molar-refractivity contribution in [1.82, 2.24) is 4.98 Å². The monoisotopic (exact) mass is 201 g/mol. The molecule has 1 heterocycles. The Morgan fingerprint density at radius 1 is 1.54 bits per heavy atom. The fourth-order valence-corrected chi connectivity index (χ4v) is 1.64. The molecule has 1 aromatic heterocycles. The second-order valence-electron chi connectivity index (χ2n) is 2.54. The van der Waals surface area contributed by atoms with Crippen LogP contribution in [0.2, 0.25) is 0 Å². The number of methoxy groups -OCH3 is 2. The molecule has 0 N–H and O–H groups in total. The first-order chi connectivity index (χ1) is 6.16. The van der Waals surface area contributed by atoms with Crippen LogP contribution < -0.4 is 0 Å². The molecule has 0 aliphatic carbocycles. The first kappa shape index (κ1) is 10.3. The Labute approximate surface area is 80.5 Å². The number of carbonyl (C=O) groups excluding carboxylic acids is 1. The number of rotatable bonds is 4. The number of nitrogens with zero attached hydrogens (tertiary/aromatic N) is 1. The first-order valence-corrected chi connectivity index (χ1v) is 4.49. The average Bonchev–Trinajstić information content (AvgIpc) is 2.65. The van der Waals surface area contributed by atoms with Gasteiger partial charge in [-0.1, -0.05) is 0 Å². The molecule has 0 radical (unpaired) electrons. The lowest BCUT2D eigenvalue weighted by molar-refractivity contribution is -0.201. The van der Waals surface area contributed by atoms with Crippen LogP contribution in [0.15, 0.2) is 6.20 Å². The summed E-state index contributed by atoms with van der Waals surface area (Å²) in [6.45, 7) is 1.75. The standard InChI is InChI=1S/C8H11NO3S/c1-8(11-2,12-3)7-9-4-6(5-10)13-7/h4-5H,1-3H3. The van der Waals surface area contributed by atoms with Crippen molar-refractivity contribution in [3.8, 4) is 0 Å². The zero-order valence-electron chi connectivity index (χ0n) is 7.73. The summed E-state index contributed by atoms with van der Waals surface area (Å²) in [5.74, 6) is -0.855. The number of carbonyl (C=O) groups is 1. The van der Waals surface area contributed by atoms with Crippen molar-refractivity contribution in [2.45, 2.75) is 12.7 Å². The largest absolute Gasteiger partial charge is 0.348 e. The van der Waals surface area contributed by atoms with Crippen molar-refractivity contribution >= 4 is 17.6 Å². The number of thiazole rings is 1. The quantitative estimate of drug-likeness (QED) is 0.546. The van der Waals surface area contributed by atoms with Crippen molar-refractivity contribution in [1.29, 1.82) is 0 Å². The van der Waals surface area contributed by atoms with E-state index in [1.165, 1.54) is 31.8 Å². The molecule has 13 heavy (non-hydrogen) atoms. The van der Waals surface area contributed by atoms with Crippen molar-refractivity contribution in [2.75, 3.05) is 14.2 Å². The molecule has 0 fully saturated rings. The Morgan fingerprint density at radius 2 is 2.15 bits per heavy atom. The highest BCUT2D eigenvalue weighted by atomic mass is 32.1. The zero-order valence-corrected chi connectivity index (χ0v) is 8.55. The van der Waals surface area contributed by atoms with Crippen molar-refractivity contribution in [3.05, 3.63) is 16.1 Å². The number of hydrogen-bond donors (Lipinski definition) is 0. The van der Waals surface area contributed by atoms with Gasteiger partial charge >= 0.3 is 0 Å². The second kappa shape index (κ2) is 3.95. The minimum Gasteiger partial charge on any atom is -0.348 e. The third-order valence-electron chi connectivity index (χ3n) is 1.81. The van der Waals surface area contributed by atoms with Gasteiger partial charge in [0, 0.05) is 20.4 Å². The van der Waals surface area contributed by atoms with Gasteiger partial charge in [0.15, 0.2) is 11.3 Å². The van der Waals surface area contributed by atoms with Crippen molar-refractivity contribution in [3.63, 3.8) is 0 Å². The lowest BCUT2D eigenvalue weighted by Crippen LogP contribution is -2.26. The maximum atomic E-state index is 10.4. The van der Waals surface area contributed by atoms with Gasteiger partial charge in [-0.25, -0.2) is 4.98 Å². The molecular weight excluding hydrogens is 190 g/mol. The summed E-state index contributed by atoms with van der Waals surface area (Å²) in [6, 6.07) is 0. The molecule has 0 saturated carbocycles. The summed E-state index contributed by atoms with van der Waals surface area (Å²) in [7, 11) is 3.07. The van der Waals surface area contributed by atoms with Crippen LogP contribution in [-0.2, 0) is 15.3 Å². The van der Waals surface area contributed by atoms with E-state index in [0.29, 0.717) is 9.88 Å². The van der Waals surface area contributed by atoms with Gasteiger partial charge in [-0.2, -0.15) is 0 Å². The normalized spacial score (nSPS) is 11.6. The summed E-state index contributed by atoms with van der Waals surface area (Å²) in [5.41, 5.74) is 0. The Kier molecular flexibility index (Phi) is 3.13. The lowest BCUT2D eigenvalue weighted by Gasteiger charge is -2.23. The van der Waals surface area contributed by atoms with Crippen LogP contribution in [0.4, 0.5) is 0 Å². The van der Waals surface area contributed by atoms with E-state index >= 15 is 0 Å². The van der Waals surface area contributed by atoms with E-state index < -0.39 is 5.79 Å². The highest BCUT2D eigenvalue weighted by Crippen LogP contribution is 2.28. The van der Waals surface area contributed by atoms with Gasteiger partial charge in [0.25, 0.3) is 0 Å². The predicted octanol–water partition coefficient (Wildman–Crippen LogP) is 1.42. The number of aromatic nitrogens is 1. The fraction of sp³-hybridized carbons (Fsp3) is 0.500. The average molecular weight is 201 g/mol. The third kappa shape index (κ3) is 1.93. The topological polar surface area (TPSA) is 48.4 Å². The Hall–Kier alpha value is -0.780. The van der Waals surface area contributed by atoms with E-state index in [4.69, 9.17) is 9.47 Å². The molecule has 5 heteroatoms. The van der Waals surface area contributed by atoms with Crippen LogP contribution in [0, 0.1) is 0 Å². The van der Waals surface area contributed by atoms with Gasteiger partial charge in [0.2, 0.25) is 5.79 Å². The Balaban J connectivity index is 2.98. The van der Waals surface area contributed by atoms with Gasteiger partial charge < -0.3 is 9.47 Å². The lowest BCUT2D eigenvalue weighted by atomic mass is 10.3. The molecule has 0 atom stereocenters. The number of aldehydes is 1. The van der Waals surface area contributed by atoms with Crippen molar-refractivity contribution < 1.29 is 14.3 Å². The molecule has 0 amide bonds. The molecule has 0 bridgehead atoms. The highest BCUT2D eigenvalue weighted by Gasteiger charge is 2.29. The molecule has 0 unspecified atom stereocenters. The summed E-state index contributed by atoms with van der Waals surface area (Å²) < 4.78 is 10.3. The molecular formula is C8H11NO3S. The number of hydrogen-bond acceptors (Lipinski definition) is 5. The second-order valence-corrected chi connectivity index (χ2v) is 3.60. The minimum absolute atomic E-state index is 0.565. The molecule has 0 aliphatic heterocycles. The van der Waals surface area contributed by atoms with E-state index in [1.807, 2.05) is 0 Å². The predicted molar refractivity (Wildman–Crippen MR) is 48.9 cm³/mol.